The van der Waals surface area contributed by atoms with Crippen LogP contribution in [0.2, 0.25) is 0 Å². The fourth-order valence-electron chi connectivity index (χ4n) is 1.93. The highest BCUT2D eigenvalue weighted by Gasteiger charge is 2.13. The zero-order valence-corrected chi connectivity index (χ0v) is 11.8. The van der Waals surface area contributed by atoms with Gasteiger partial charge in [0, 0.05) is 19.4 Å². The summed E-state index contributed by atoms with van der Waals surface area (Å²) in [5, 5.41) is 7.59. The lowest BCUT2D eigenvalue weighted by molar-refractivity contribution is 0.234. The molecule has 0 aliphatic heterocycles. The van der Waals surface area contributed by atoms with Gasteiger partial charge in [-0.15, -0.1) is 0 Å². The van der Waals surface area contributed by atoms with Crippen LogP contribution in [-0.4, -0.2) is 20.9 Å². The Morgan fingerprint density at radius 1 is 1.21 bits per heavy atom. The Morgan fingerprint density at radius 3 is 2.63 bits per heavy atom. The van der Waals surface area contributed by atoms with Crippen molar-refractivity contribution >= 4 is 5.69 Å². The lowest BCUT2D eigenvalue weighted by Gasteiger charge is -2.18. The summed E-state index contributed by atoms with van der Waals surface area (Å²) in [6.45, 7) is 6.06. The third kappa shape index (κ3) is 3.24. The molecule has 0 fully saturated rings. The lowest BCUT2D eigenvalue weighted by atomic mass is 10.2. The quantitative estimate of drug-likeness (QED) is 0.898. The van der Waals surface area contributed by atoms with Crippen molar-refractivity contribution in [3.8, 4) is 5.88 Å². The number of rotatable bonds is 5. The Hall–Kier alpha value is -2.04. The van der Waals surface area contributed by atoms with Crippen molar-refractivity contribution in [2.75, 3.05) is 5.32 Å². The van der Waals surface area contributed by atoms with Crippen LogP contribution >= 0.6 is 0 Å². The smallest absolute Gasteiger partial charge is 0.237 e. The molecule has 0 aliphatic carbocycles. The first-order chi connectivity index (χ1) is 9.08. The highest BCUT2D eigenvalue weighted by Crippen LogP contribution is 2.26. The van der Waals surface area contributed by atoms with E-state index in [2.05, 4.69) is 22.3 Å². The van der Waals surface area contributed by atoms with Crippen molar-refractivity contribution < 1.29 is 4.74 Å². The van der Waals surface area contributed by atoms with E-state index >= 15 is 0 Å². The van der Waals surface area contributed by atoms with E-state index < -0.39 is 0 Å². The maximum atomic E-state index is 5.70. The number of nitrogens with one attached hydrogen (secondary N) is 1. The van der Waals surface area contributed by atoms with Crippen molar-refractivity contribution in [2.24, 2.45) is 7.05 Å². The second-order valence-corrected chi connectivity index (χ2v) is 4.77. The Morgan fingerprint density at radius 2 is 2.00 bits per heavy atom. The Labute approximate surface area is 113 Å². The van der Waals surface area contributed by atoms with E-state index in [9.17, 15) is 0 Å². The van der Waals surface area contributed by atoms with Gasteiger partial charge >= 0.3 is 0 Å². The fourth-order valence-corrected chi connectivity index (χ4v) is 1.93. The van der Waals surface area contributed by atoms with Crippen LogP contribution in [0.3, 0.4) is 0 Å². The summed E-state index contributed by atoms with van der Waals surface area (Å²) in [5.41, 5.74) is 2.00. The minimum absolute atomic E-state index is 0.0995. The molecule has 102 valence electrons. The molecule has 0 spiro atoms. The summed E-state index contributed by atoms with van der Waals surface area (Å²) in [4.78, 5) is 4.27. The molecule has 2 heterocycles. The first-order valence-corrected chi connectivity index (χ1v) is 6.44. The molecule has 0 aliphatic rings. The van der Waals surface area contributed by atoms with Gasteiger partial charge in [-0.2, -0.15) is 5.10 Å². The summed E-state index contributed by atoms with van der Waals surface area (Å²) in [7, 11) is 1.93. The number of nitrogens with zero attached hydrogens (tertiary/aromatic N) is 3. The van der Waals surface area contributed by atoms with Gasteiger partial charge in [-0.05, 0) is 39.0 Å². The molecule has 19 heavy (non-hydrogen) atoms. The SMILES string of the molecule is CC(C)Oc1ncccc1NC(C)c1ccnn1C. The maximum Gasteiger partial charge on any atom is 0.237 e. The van der Waals surface area contributed by atoms with Gasteiger partial charge in [0.15, 0.2) is 0 Å². The van der Waals surface area contributed by atoms with Crippen molar-refractivity contribution in [1.82, 2.24) is 14.8 Å². The number of anilines is 1. The average molecular weight is 260 g/mol. The molecule has 2 rings (SSSR count). The molecule has 2 aromatic heterocycles. The summed E-state index contributed by atoms with van der Waals surface area (Å²) in [6.07, 6.45) is 3.63. The Balaban J connectivity index is 2.17. The van der Waals surface area contributed by atoms with Crippen LogP contribution in [0.1, 0.15) is 32.5 Å². The van der Waals surface area contributed by atoms with E-state index in [-0.39, 0.29) is 12.1 Å². The molecule has 0 bridgehead atoms. The summed E-state index contributed by atoms with van der Waals surface area (Å²) in [6, 6.07) is 5.99. The molecule has 0 saturated carbocycles. The van der Waals surface area contributed by atoms with Gasteiger partial charge < -0.3 is 10.1 Å². The largest absolute Gasteiger partial charge is 0.473 e. The van der Waals surface area contributed by atoms with Gasteiger partial charge in [0.05, 0.1) is 23.5 Å². The van der Waals surface area contributed by atoms with Gasteiger partial charge in [-0.1, -0.05) is 0 Å². The molecule has 0 amide bonds. The van der Waals surface area contributed by atoms with Crippen LogP contribution in [0.5, 0.6) is 5.88 Å². The summed E-state index contributed by atoms with van der Waals surface area (Å²) < 4.78 is 7.56. The van der Waals surface area contributed by atoms with Gasteiger partial charge in [-0.25, -0.2) is 4.98 Å². The molecular weight excluding hydrogens is 240 g/mol. The number of ether oxygens (including phenoxy) is 1. The van der Waals surface area contributed by atoms with Crippen LogP contribution in [0, 0.1) is 0 Å². The predicted octanol–water partition coefficient (Wildman–Crippen LogP) is 2.78. The van der Waals surface area contributed by atoms with Gasteiger partial charge in [0.2, 0.25) is 5.88 Å². The van der Waals surface area contributed by atoms with Crippen LogP contribution in [0.4, 0.5) is 5.69 Å². The van der Waals surface area contributed by atoms with Gasteiger partial charge in [0.25, 0.3) is 0 Å². The predicted molar refractivity (Wildman–Crippen MR) is 75.2 cm³/mol. The van der Waals surface area contributed by atoms with Crippen molar-refractivity contribution in [3.05, 3.63) is 36.3 Å². The van der Waals surface area contributed by atoms with E-state index in [4.69, 9.17) is 4.74 Å². The number of hydrogen-bond acceptors (Lipinski definition) is 4. The molecule has 5 nitrogen and oxygen atoms in total. The maximum absolute atomic E-state index is 5.70. The van der Waals surface area contributed by atoms with E-state index in [0.29, 0.717) is 5.88 Å². The first kappa shape index (κ1) is 13.4. The van der Waals surface area contributed by atoms with Crippen LogP contribution in [0.25, 0.3) is 0 Å². The van der Waals surface area contributed by atoms with E-state index in [1.807, 2.05) is 43.8 Å². The molecule has 1 atom stereocenters. The molecule has 2 aromatic rings. The highest BCUT2D eigenvalue weighted by molar-refractivity contribution is 5.53. The second-order valence-electron chi connectivity index (χ2n) is 4.77. The van der Waals surface area contributed by atoms with Crippen molar-refractivity contribution in [2.45, 2.75) is 32.9 Å². The van der Waals surface area contributed by atoms with Crippen LogP contribution in [-0.2, 0) is 7.05 Å². The highest BCUT2D eigenvalue weighted by atomic mass is 16.5. The number of aryl methyl sites for hydroxylation is 1. The standard InChI is InChI=1S/C14H20N4O/c1-10(2)19-14-12(6-5-8-15-14)17-11(3)13-7-9-16-18(13)4/h5-11,17H,1-4H3. The minimum atomic E-state index is 0.0995. The third-order valence-corrected chi connectivity index (χ3v) is 2.79. The lowest BCUT2D eigenvalue weighted by Crippen LogP contribution is -2.14. The van der Waals surface area contributed by atoms with E-state index in [1.165, 1.54) is 0 Å². The minimum Gasteiger partial charge on any atom is -0.473 e. The fraction of sp³-hybridized carbons (Fsp3) is 0.429. The molecule has 1 unspecified atom stereocenters. The van der Waals surface area contributed by atoms with Crippen molar-refractivity contribution in [1.29, 1.82) is 0 Å². The Kier molecular flexibility index (Phi) is 4.04. The van der Waals surface area contributed by atoms with Gasteiger partial charge in [0.1, 0.15) is 0 Å². The monoisotopic (exact) mass is 260 g/mol. The van der Waals surface area contributed by atoms with Gasteiger partial charge in [-0.3, -0.25) is 4.68 Å². The topological polar surface area (TPSA) is 52.0 Å². The second kappa shape index (κ2) is 5.73. The molecule has 0 aromatic carbocycles. The molecular formula is C14H20N4O. The zero-order chi connectivity index (χ0) is 13.8. The first-order valence-electron chi connectivity index (χ1n) is 6.44. The zero-order valence-electron chi connectivity index (χ0n) is 11.8. The van der Waals surface area contributed by atoms with Crippen molar-refractivity contribution in [3.63, 3.8) is 0 Å². The number of pyridine rings is 1. The van der Waals surface area contributed by atoms with Crippen LogP contribution < -0.4 is 10.1 Å². The number of hydrogen-bond donors (Lipinski definition) is 1. The molecule has 0 saturated heterocycles. The molecule has 0 radical (unpaired) electrons. The Bertz CT molecular complexity index is 536. The summed E-state index contributed by atoms with van der Waals surface area (Å²) >= 11 is 0. The average Bonchev–Trinajstić information content (AvgIpc) is 2.77. The van der Waals surface area contributed by atoms with E-state index in [0.717, 1.165) is 11.4 Å². The molecule has 1 N–H and O–H groups in total. The number of aromatic nitrogens is 3. The van der Waals surface area contributed by atoms with E-state index in [1.54, 1.807) is 12.4 Å². The molecule has 5 heteroatoms. The van der Waals surface area contributed by atoms with Crippen LogP contribution in [0.15, 0.2) is 30.6 Å². The summed E-state index contributed by atoms with van der Waals surface area (Å²) in [5.74, 6) is 0.631. The third-order valence-electron chi connectivity index (χ3n) is 2.79. The normalized spacial score (nSPS) is 12.5.